The van der Waals surface area contributed by atoms with Crippen LogP contribution in [0.1, 0.15) is 52.5 Å². The molecule has 0 saturated heterocycles. The van der Waals surface area contributed by atoms with Gasteiger partial charge in [-0.05, 0) is 30.0 Å². The minimum Gasteiger partial charge on any atom is -0.465 e. The molecule has 1 aromatic rings. The van der Waals surface area contributed by atoms with E-state index in [1.807, 2.05) is 32.9 Å². The molecule has 2 unspecified atom stereocenters. The van der Waals surface area contributed by atoms with Gasteiger partial charge in [-0.1, -0.05) is 46.8 Å². The van der Waals surface area contributed by atoms with E-state index in [-0.39, 0.29) is 5.41 Å². The first-order valence-corrected chi connectivity index (χ1v) is 6.29. The van der Waals surface area contributed by atoms with Gasteiger partial charge in [-0.2, -0.15) is 0 Å². The van der Waals surface area contributed by atoms with Gasteiger partial charge < -0.3 is 9.84 Å². The zero-order valence-corrected chi connectivity index (χ0v) is 11.5. The number of rotatable bonds is 4. The number of benzene rings is 1. The third-order valence-electron chi connectivity index (χ3n) is 3.05. The standard InChI is InChI=1S/C15H24O2/c1-6-11(2)12-7-9-13(10-8-12)17-14(16)15(3,4)5/h7-11,14,16H,6H2,1-5H3. The van der Waals surface area contributed by atoms with Gasteiger partial charge in [0.1, 0.15) is 5.75 Å². The van der Waals surface area contributed by atoms with Crippen LogP contribution in [0.25, 0.3) is 0 Å². The molecule has 0 aliphatic carbocycles. The third-order valence-corrected chi connectivity index (χ3v) is 3.05. The van der Waals surface area contributed by atoms with Crippen molar-refractivity contribution in [2.24, 2.45) is 5.41 Å². The van der Waals surface area contributed by atoms with Gasteiger partial charge in [-0.25, -0.2) is 0 Å². The zero-order chi connectivity index (χ0) is 13.1. The molecule has 2 atom stereocenters. The lowest BCUT2D eigenvalue weighted by molar-refractivity contribution is -0.0931. The highest BCUT2D eigenvalue weighted by atomic mass is 16.6. The van der Waals surface area contributed by atoms with Gasteiger partial charge in [-0.3, -0.25) is 0 Å². The monoisotopic (exact) mass is 236 g/mol. The van der Waals surface area contributed by atoms with Crippen LogP contribution in [-0.2, 0) is 0 Å². The molecule has 17 heavy (non-hydrogen) atoms. The quantitative estimate of drug-likeness (QED) is 0.802. The zero-order valence-electron chi connectivity index (χ0n) is 11.5. The second-order valence-electron chi connectivity index (χ2n) is 5.71. The van der Waals surface area contributed by atoms with Crippen molar-refractivity contribution in [1.82, 2.24) is 0 Å². The maximum absolute atomic E-state index is 9.84. The maximum Gasteiger partial charge on any atom is 0.202 e. The molecule has 0 aliphatic heterocycles. The van der Waals surface area contributed by atoms with Gasteiger partial charge in [0, 0.05) is 5.41 Å². The minimum absolute atomic E-state index is 0.268. The lowest BCUT2D eigenvalue weighted by Gasteiger charge is -2.26. The van der Waals surface area contributed by atoms with E-state index in [1.54, 1.807) is 0 Å². The van der Waals surface area contributed by atoms with Crippen LogP contribution in [0.4, 0.5) is 0 Å². The van der Waals surface area contributed by atoms with Gasteiger partial charge in [0.05, 0.1) is 0 Å². The molecule has 0 radical (unpaired) electrons. The summed E-state index contributed by atoms with van der Waals surface area (Å²) in [6, 6.07) is 7.99. The van der Waals surface area contributed by atoms with Crippen LogP contribution in [0.5, 0.6) is 5.75 Å². The Morgan fingerprint density at radius 3 is 2.12 bits per heavy atom. The van der Waals surface area contributed by atoms with Crippen molar-refractivity contribution < 1.29 is 9.84 Å². The summed E-state index contributed by atoms with van der Waals surface area (Å²) in [6.45, 7) is 10.2. The Hall–Kier alpha value is -1.02. The molecule has 2 heteroatoms. The summed E-state index contributed by atoms with van der Waals surface area (Å²) in [6.07, 6.45) is 0.349. The number of aliphatic hydroxyl groups excluding tert-OH is 1. The van der Waals surface area contributed by atoms with Crippen molar-refractivity contribution >= 4 is 0 Å². The number of hydrogen-bond donors (Lipinski definition) is 1. The van der Waals surface area contributed by atoms with Crippen molar-refractivity contribution in [3.8, 4) is 5.75 Å². The molecule has 0 saturated carbocycles. The Labute approximate surface area is 105 Å². The van der Waals surface area contributed by atoms with Crippen molar-refractivity contribution in [2.45, 2.75) is 53.2 Å². The largest absolute Gasteiger partial charge is 0.465 e. The number of ether oxygens (including phenoxy) is 1. The average Bonchev–Trinajstić information content (AvgIpc) is 2.27. The third kappa shape index (κ3) is 4.04. The predicted molar refractivity (Wildman–Crippen MR) is 71.2 cm³/mol. The molecule has 0 heterocycles. The van der Waals surface area contributed by atoms with Crippen LogP contribution in [0.2, 0.25) is 0 Å². The Morgan fingerprint density at radius 2 is 1.71 bits per heavy atom. The van der Waals surface area contributed by atoms with Crippen LogP contribution in [0.3, 0.4) is 0 Å². The summed E-state index contributed by atoms with van der Waals surface area (Å²) < 4.78 is 5.50. The van der Waals surface area contributed by atoms with Crippen LogP contribution >= 0.6 is 0 Å². The number of hydrogen-bond acceptors (Lipinski definition) is 2. The highest BCUT2D eigenvalue weighted by Crippen LogP contribution is 2.25. The first kappa shape index (κ1) is 14.0. The lowest BCUT2D eigenvalue weighted by Crippen LogP contribution is -2.31. The van der Waals surface area contributed by atoms with Gasteiger partial charge in [0.25, 0.3) is 0 Å². The van der Waals surface area contributed by atoms with Gasteiger partial charge in [0.15, 0.2) is 0 Å². The fourth-order valence-electron chi connectivity index (χ4n) is 1.42. The summed E-state index contributed by atoms with van der Waals surface area (Å²) in [5.74, 6) is 1.29. The topological polar surface area (TPSA) is 29.5 Å². The summed E-state index contributed by atoms with van der Waals surface area (Å²) in [5.41, 5.74) is 1.04. The Bertz CT molecular complexity index is 335. The van der Waals surface area contributed by atoms with E-state index in [2.05, 4.69) is 26.0 Å². The Morgan fingerprint density at radius 1 is 1.18 bits per heavy atom. The fraction of sp³-hybridized carbons (Fsp3) is 0.600. The van der Waals surface area contributed by atoms with Gasteiger partial charge in [-0.15, -0.1) is 0 Å². The van der Waals surface area contributed by atoms with Crippen LogP contribution in [0, 0.1) is 5.41 Å². The van der Waals surface area contributed by atoms with E-state index in [0.717, 1.165) is 12.2 Å². The molecule has 0 spiro atoms. The molecule has 2 nitrogen and oxygen atoms in total. The Kier molecular flexibility index (Phi) is 4.58. The summed E-state index contributed by atoms with van der Waals surface area (Å²) in [4.78, 5) is 0. The molecule has 0 aliphatic rings. The molecule has 0 fully saturated rings. The average molecular weight is 236 g/mol. The molecule has 96 valence electrons. The smallest absolute Gasteiger partial charge is 0.202 e. The first-order valence-electron chi connectivity index (χ1n) is 6.29. The van der Waals surface area contributed by atoms with Crippen molar-refractivity contribution in [2.75, 3.05) is 0 Å². The molecule has 0 amide bonds. The van der Waals surface area contributed by atoms with Crippen molar-refractivity contribution in [1.29, 1.82) is 0 Å². The second-order valence-corrected chi connectivity index (χ2v) is 5.71. The van der Waals surface area contributed by atoms with E-state index >= 15 is 0 Å². The van der Waals surface area contributed by atoms with Crippen LogP contribution in [-0.4, -0.2) is 11.4 Å². The van der Waals surface area contributed by atoms with Gasteiger partial charge >= 0.3 is 0 Å². The maximum atomic E-state index is 9.84. The van der Waals surface area contributed by atoms with Gasteiger partial charge in [0.2, 0.25) is 6.29 Å². The van der Waals surface area contributed by atoms with Crippen LogP contribution < -0.4 is 4.74 Å². The minimum atomic E-state index is -0.781. The molecular formula is C15H24O2. The van der Waals surface area contributed by atoms with Crippen molar-refractivity contribution in [3.05, 3.63) is 29.8 Å². The summed E-state index contributed by atoms with van der Waals surface area (Å²) >= 11 is 0. The normalized spacial score (nSPS) is 15.4. The lowest BCUT2D eigenvalue weighted by atomic mass is 9.96. The SMILES string of the molecule is CCC(C)c1ccc(OC(O)C(C)(C)C)cc1. The van der Waals surface area contributed by atoms with E-state index in [1.165, 1.54) is 5.56 Å². The highest BCUT2D eigenvalue weighted by molar-refractivity contribution is 5.29. The Balaban J connectivity index is 2.69. The highest BCUT2D eigenvalue weighted by Gasteiger charge is 2.23. The van der Waals surface area contributed by atoms with Crippen molar-refractivity contribution in [3.63, 3.8) is 0 Å². The first-order chi connectivity index (χ1) is 7.84. The number of aliphatic hydroxyl groups is 1. The van der Waals surface area contributed by atoms with E-state index in [0.29, 0.717) is 5.92 Å². The molecule has 0 aromatic heterocycles. The van der Waals surface area contributed by atoms with E-state index < -0.39 is 6.29 Å². The van der Waals surface area contributed by atoms with Crippen LogP contribution in [0.15, 0.2) is 24.3 Å². The molecule has 0 bridgehead atoms. The second kappa shape index (κ2) is 5.54. The van der Waals surface area contributed by atoms with E-state index in [9.17, 15) is 5.11 Å². The summed E-state index contributed by atoms with van der Waals surface area (Å²) in [5, 5.41) is 9.84. The molecular weight excluding hydrogens is 212 g/mol. The molecule has 1 rings (SSSR count). The molecule has 1 aromatic carbocycles. The molecule has 1 N–H and O–H groups in total. The van der Waals surface area contributed by atoms with E-state index in [4.69, 9.17) is 4.74 Å². The predicted octanol–water partition coefficient (Wildman–Crippen LogP) is 3.94. The summed E-state index contributed by atoms with van der Waals surface area (Å²) in [7, 11) is 0. The fourth-order valence-corrected chi connectivity index (χ4v) is 1.42.